The van der Waals surface area contributed by atoms with Gasteiger partial charge < -0.3 is 14.8 Å². The Labute approximate surface area is 110 Å². The van der Waals surface area contributed by atoms with E-state index in [1.807, 2.05) is 0 Å². The second-order valence-electron chi connectivity index (χ2n) is 4.70. The molecule has 1 N–H and O–H groups in total. The molecule has 1 aliphatic carbocycles. The summed E-state index contributed by atoms with van der Waals surface area (Å²) in [5.74, 6) is 1.59. The largest absolute Gasteiger partial charge is 0.454 e. The summed E-state index contributed by atoms with van der Waals surface area (Å²) < 4.78 is 10.4. The standard InChI is InChI=1S/C13H14ClNO3/c14-10-4-9(5-11-12(10)18-7-17-11)13(16)15-6-8-2-1-3-8/h4-5,8H,1-3,6-7H2,(H,15,16). The molecular formula is C13H14ClNO3. The van der Waals surface area contributed by atoms with Crippen molar-refractivity contribution < 1.29 is 14.3 Å². The maximum absolute atomic E-state index is 12.0. The lowest BCUT2D eigenvalue weighted by Gasteiger charge is -2.25. The van der Waals surface area contributed by atoms with Crippen molar-refractivity contribution in [2.45, 2.75) is 19.3 Å². The quantitative estimate of drug-likeness (QED) is 0.916. The van der Waals surface area contributed by atoms with E-state index in [0.717, 1.165) is 6.54 Å². The van der Waals surface area contributed by atoms with Crippen LogP contribution < -0.4 is 14.8 Å². The molecule has 1 aromatic carbocycles. The highest BCUT2D eigenvalue weighted by Gasteiger charge is 2.22. The Morgan fingerprint density at radius 3 is 2.94 bits per heavy atom. The van der Waals surface area contributed by atoms with Crippen molar-refractivity contribution >= 4 is 17.5 Å². The number of fused-ring (bicyclic) bond motifs is 1. The van der Waals surface area contributed by atoms with Crippen molar-refractivity contribution in [2.75, 3.05) is 13.3 Å². The maximum Gasteiger partial charge on any atom is 0.251 e. The van der Waals surface area contributed by atoms with Crippen LogP contribution in [-0.2, 0) is 0 Å². The molecule has 1 fully saturated rings. The molecule has 1 aromatic rings. The predicted molar refractivity (Wildman–Crippen MR) is 67.2 cm³/mol. The van der Waals surface area contributed by atoms with E-state index in [1.54, 1.807) is 12.1 Å². The molecule has 0 radical (unpaired) electrons. The number of carbonyl (C=O) groups excluding carboxylic acids is 1. The van der Waals surface area contributed by atoms with Gasteiger partial charge in [0, 0.05) is 12.1 Å². The number of rotatable bonds is 3. The number of benzene rings is 1. The summed E-state index contributed by atoms with van der Waals surface area (Å²) in [7, 11) is 0. The van der Waals surface area contributed by atoms with Gasteiger partial charge in [0.15, 0.2) is 11.5 Å². The average molecular weight is 268 g/mol. The van der Waals surface area contributed by atoms with Crippen LogP contribution in [0.2, 0.25) is 5.02 Å². The molecule has 96 valence electrons. The third-order valence-electron chi connectivity index (χ3n) is 3.47. The minimum absolute atomic E-state index is 0.109. The number of hydrogen-bond donors (Lipinski definition) is 1. The lowest BCUT2D eigenvalue weighted by molar-refractivity contribution is 0.0938. The van der Waals surface area contributed by atoms with Gasteiger partial charge in [-0.3, -0.25) is 4.79 Å². The van der Waals surface area contributed by atoms with Gasteiger partial charge in [0.05, 0.1) is 5.02 Å². The van der Waals surface area contributed by atoms with E-state index in [1.165, 1.54) is 19.3 Å². The van der Waals surface area contributed by atoms with Crippen molar-refractivity contribution in [2.24, 2.45) is 5.92 Å². The highest BCUT2D eigenvalue weighted by molar-refractivity contribution is 6.32. The van der Waals surface area contributed by atoms with Gasteiger partial charge in [-0.1, -0.05) is 18.0 Å². The van der Waals surface area contributed by atoms with Gasteiger partial charge in [-0.2, -0.15) is 0 Å². The Hall–Kier alpha value is -1.42. The first-order chi connectivity index (χ1) is 8.74. The number of ether oxygens (including phenoxy) is 2. The fourth-order valence-electron chi connectivity index (χ4n) is 2.13. The molecule has 1 amide bonds. The zero-order valence-electron chi connectivity index (χ0n) is 9.87. The smallest absolute Gasteiger partial charge is 0.251 e. The molecule has 3 rings (SSSR count). The van der Waals surface area contributed by atoms with Crippen molar-refractivity contribution in [3.8, 4) is 11.5 Å². The highest BCUT2D eigenvalue weighted by Crippen LogP contribution is 2.39. The monoisotopic (exact) mass is 267 g/mol. The number of amides is 1. The third-order valence-corrected chi connectivity index (χ3v) is 3.75. The van der Waals surface area contributed by atoms with Gasteiger partial charge in [0.1, 0.15) is 0 Å². The minimum Gasteiger partial charge on any atom is -0.454 e. The first-order valence-corrected chi connectivity index (χ1v) is 6.49. The summed E-state index contributed by atoms with van der Waals surface area (Å²) in [5.41, 5.74) is 0.517. The van der Waals surface area contributed by atoms with Gasteiger partial charge in [-0.05, 0) is 30.9 Å². The molecule has 0 aromatic heterocycles. The summed E-state index contributed by atoms with van der Waals surface area (Å²) in [6.07, 6.45) is 3.70. The fourth-order valence-corrected chi connectivity index (χ4v) is 2.40. The molecule has 0 bridgehead atoms. The van der Waals surface area contributed by atoms with Gasteiger partial charge in [0.25, 0.3) is 5.91 Å². The van der Waals surface area contributed by atoms with E-state index in [2.05, 4.69) is 5.32 Å². The van der Waals surface area contributed by atoms with Crippen molar-refractivity contribution in [3.05, 3.63) is 22.7 Å². The average Bonchev–Trinajstić information content (AvgIpc) is 2.75. The Balaban J connectivity index is 1.71. The zero-order valence-corrected chi connectivity index (χ0v) is 10.6. The first kappa shape index (κ1) is 11.7. The molecular weight excluding hydrogens is 254 g/mol. The maximum atomic E-state index is 12.0. The first-order valence-electron chi connectivity index (χ1n) is 6.11. The van der Waals surface area contributed by atoms with E-state index in [9.17, 15) is 4.79 Å². The Kier molecular flexibility index (Phi) is 3.04. The number of carbonyl (C=O) groups is 1. The molecule has 1 aliphatic heterocycles. The molecule has 0 spiro atoms. The molecule has 0 saturated heterocycles. The molecule has 1 saturated carbocycles. The third kappa shape index (κ3) is 2.12. The van der Waals surface area contributed by atoms with E-state index in [0.29, 0.717) is 28.0 Å². The summed E-state index contributed by atoms with van der Waals surface area (Å²) in [5, 5.41) is 3.34. The molecule has 5 heteroatoms. The SMILES string of the molecule is O=C(NCC1CCC1)c1cc(Cl)c2c(c1)OCO2. The van der Waals surface area contributed by atoms with Crippen LogP contribution in [0.1, 0.15) is 29.6 Å². The molecule has 4 nitrogen and oxygen atoms in total. The van der Waals surface area contributed by atoms with Crippen LogP contribution in [0.25, 0.3) is 0 Å². The lowest BCUT2D eigenvalue weighted by Crippen LogP contribution is -2.32. The van der Waals surface area contributed by atoms with Crippen LogP contribution in [0.5, 0.6) is 11.5 Å². The number of halogens is 1. The van der Waals surface area contributed by atoms with E-state index in [4.69, 9.17) is 21.1 Å². The van der Waals surface area contributed by atoms with E-state index in [-0.39, 0.29) is 12.7 Å². The van der Waals surface area contributed by atoms with E-state index < -0.39 is 0 Å². The van der Waals surface area contributed by atoms with Crippen molar-refractivity contribution in [1.82, 2.24) is 5.32 Å². The Morgan fingerprint density at radius 1 is 1.39 bits per heavy atom. The van der Waals surface area contributed by atoms with Crippen molar-refractivity contribution in [3.63, 3.8) is 0 Å². The molecule has 0 atom stereocenters. The second kappa shape index (κ2) is 4.69. The topological polar surface area (TPSA) is 47.6 Å². The summed E-state index contributed by atoms with van der Waals surface area (Å²) in [6.45, 7) is 0.896. The fraction of sp³-hybridized carbons (Fsp3) is 0.462. The predicted octanol–water partition coefficient (Wildman–Crippen LogP) is 2.60. The lowest BCUT2D eigenvalue weighted by atomic mass is 9.85. The summed E-state index contributed by atoms with van der Waals surface area (Å²) in [6, 6.07) is 3.29. The van der Waals surface area contributed by atoms with Crippen molar-refractivity contribution in [1.29, 1.82) is 0 Å². The Morgan fingerprint density at radius 2 is 2.22 bits per heavy atom. The summed E-state index contributed by atoms with van der Waals surface area (Å²) >= 11 is 6.04. The molecule has 1 heterocycles. The highest BCUT2D eigenvalue weighted by atomic mass is 35.5. The van der Waals surface area contributed by atoms with Gasteiger partial charge in [0.2, 0.25) is 6.79 Å². The molecule has 0 unspecified atom stereocenters. The van der Waals surface area contributed by atoms with Gasteiger partial charge in [-0.15, -0.1) is 0 Å². The normalized spacial score (nSPS) is 17.4. The van der Waals surface area contributed by atoms with Crippen LogP contribution in [0.4, 0.5) is 0 Å². The van der Waals surface area contributed by atoms with E-state index >= 15 is 0 Å². The minimum atomic E-state index is -0.109. The number of hydrogen-bond acceptors (Lipinski definition) is 3. The zero-order chi connectivity index (χ0) is 12.5. The molecule has 2 aliphatic rings. The van der Waals surface area contributed by atoms with Crippen LogP contribution in [0, 0.1) is 5.92 Å². The second-order valence-corrected chi connectivity index (χ2v) is 5.11. The van der Waals surface area contributed by atoms with Gasteiger partial charge >= 0.3 is 0 Å². The summed E-state index contributed by atoms with van der Waals surface area (Å²) in [4.78, 5) is 12.0. The van der Waals surface area contributed by atoms with Crippen LogP contribution in [0.3, 0.4) is 0 Å². The van der Waals surface area contributed by atoms with Gasteiger partial charge in [-0.25, -0.2) is 0 Å². The van der Waals surface area contributed by atoms with Crippen LogP contribution in [0.15, 0.2) is 12.1 Å². The Bertz CT molecular complexity index is 485. The van der Waals surface area contributed by atoms with Crippen LogP contribution in [-0.4, -0.2) is 19.2 Å². The van der Waals surface area contributed by atoms with Crippen LogP contribution >= 0.6 is 11.6 Å². The number of nitrogens with one attached hydrogen (secondary N) is 1. The molecule has 18 heavy (non-hydrogen) atoms.